The van der Waals surface area contributed by atoms with E-state index in [-0.39, 0.29) is 12.6 Å². The summed E-state index contributed by atoms with van der Waals surface area (Å²) in [5, 5.41) is 8.13. The Bertz CT molecular complexity index is 1290. The van der Waals surface area contributed by atoms with Crippen LogP contribution in [-0.2, 0) is 11.3 Å². The molecule has 1 fully saturated rings. The van der Waals surface area contributed by atoms with Crippen LogP contribution in [0.15, 0.2) is 47.4 Å². The molecule has 1 aliphatic heterocycles. The van der Waals surface area contributed by atoms with Crippen molar-refractivity contribution in [2.24, 2.45) is 0 Å². The molecule has 1 aromatic heterocycles. The van der Waals surface area contributed by atoms with E-state index >= 15 is 0 Å². The van der Waals surface area contributed by atoms with Gasteiger partial charge in [-0.2, -0.15) is 13.2 Å². The Labute approximate surface area is 231 Å². The molecule has 5 nitrogen and oxygen atoms in total. The van der Waals surface area contributed by atoms with E-state index in [0.717, 1.165) is 54.1 Å². The van der Waals surface area contributed by atoms with Crippen LogP contribution in [0.25, 0.3) is 10.9 Å². The zero-order valence-corrected chi connectivity index (χ0v) is 23.1. The lowest BCUT2D eigenvalue weighted by Crippen LogP contribution is -2.40. The molecule has 0 aliphatic carbocycles. The van der Waals surface area contributed by atoms with Gasteiger partial charge in [-0.1, -0.05) is 23.6 Å². The normalized spacial score (nSPS) is 14.9. The topological polar surface area (TPSA) is 41.5 Å². The van der Waals surface area contributed by atoms with E-state index in [2.05, 4.69) is 27.4 Å². The number of hydrogen-bond acceptors (Lipinski definition) is 5. The summed E-state index contributed by atoms with van der Waals surface area (Å²) in [6.45, 7) is 2.71. The number of halogens is 4. The molecule has 0 bridgehead atoms. The van der Waals surface area contributed by atoms with Crippen LogP contribution in [0.5, 0.6) is 0 Å². The highest BCUT2D eigenvalue weighted by Crippen LogP contribution is 2.31. The highest BCUT2D eigenvalue weighted by Gasteiger charge is 2.30. The summed E-state index contributed by atoms with van der Waals surface area (Å²) >= 11 is 7.82. The van der Waals surface area contributed by atoms with Gasteiger partial charge in [0.2, 0.25) is 0 Å². The molecule has 0 spiro atoms. The molecule has 38 heavy (non-hydrogen) atoms. The van der Waals surface area contributed by atoms with Gasteiger partial charge >= 0.3 is 6.18 Å². The summed E-state index contributed by atoms with van der Waals surface area (Å²) in [5.74, 6) is 5.93. The maximum atomic E-state index is 13.5. The lowest BCUT2D eigenvalue weighted by molar-refractivity contribution is -0.140. The lowest BCUT2D eigenvalue weighted by atomic mass is 10.0. The Morgan fingerprint density at radius 2 is 1.95 bits per heavy atom. The number of fused-ring (bicyclic) bond motifs is 1. The zero-order valence-electron chi connectivity index (χ0n) is 21.5. The summed E-state index contributed by atoms with van der Waals surface area (Å²) in [6, 6.07) is 13.1. The summed E-state index contributed by atoms with van der Waals surface area (Å²) < 4.78 is 47.0. The number of nitrogens with zero attached hydrogens (tertiary/aromatic N) is 2. The number of thioether (sulfide) groups is 1. The summed E-state index contributed by atoms with van der Waals surface area (Å²) in [6.07, 6.45) is -0.490. The number of methoxy groups -OCH3 is 1. The number of ether oxygens (including phenoxy) is 1. The van der Waals surface area contributed by atoms with E-state index in [0.29, 0.717) is 22.8 Å². The minimum atomic E-state index is -4.37. The minimum Gasteiger partial charge on any atom is -0.383 e. The van der Waals surface area contributed by atoms with Crippen LogP contribution < -0.4 is 10.6 Å². The lowest BCUT2D eigenvalue weighted by Gasteiger charge is -2.32. The van der Waals surface area contributed by atoms with Gasteiger partial charge in [-0.25, -0.2) is 0 Å². The van der Waals surface area contributed by atoms with E-state index in [1.807, 2.05) is 30.5 Å². The second kappa shape index (κ2) is 13.0. The van der Waals surface area contributed by atoms with Crippen molar-refractivity contribution in [3.05, 3.63) is 53.2 Å². The van der Waals surface area contributed by atoms with Crippen molar-refractivity contribution in [2.75, 3.05) is 56.8 Å². The third kappa shape index (κ3) is 7.54. The second-order valence-electron chi connectivity index (χ2n) is 9.23. The maximum Gasteiger partial charge on any atom is 0.406 e. The van der Waals surface area contributed by atoms with Crippen molar-refractivity contribution in [3.63, 3.8) is 0 Å². The molecule has 4 rings (SSSR count). The number of anilines is 2. The molecule has 204 valence electrons. The number of rotatable bonds is 9. The smallest absolute Gasteiger partial charge is 0.383 e. The van der Waals surface area contributed by atoms with Crippen LogP contribution in [0.3, 0.4) is 0 Å². The average Bonchev–Trinajstić information content (AvgIpc) is 3.23. The van der Waals surface area contributed by atoms with Gasteiger partial charge in [-0.3, -0.25) is 0 Å². The van der Waals surface area contributed by atoms with Crippen LogP contribution >= 0.6 is 23.4 Å². The van der Waals surface area contributed by atoms with Crippen molar-refractivity contribution in [1.29, 1.82) is 0 Å². The van der Waals surface area contributed by atoms with Crippen molar-refractivity contribution in [2.45, 2.75) is 36.5 Å². The van der Waals surface area contributed by atoms with Crippen molar-refractivity contribution < 1.29 is 17.9 Å². The Kier molecular flexibility index (Phi) is 9.77. The molecule has 0 amide bonds. The van der Waals surface area contributed by atoms with E-state index in [1.165, 1.54) is 4.57 Å². The van der Waals surface area contributed by atoms with E-state index < -0.39 is 12.7 Å². The van der Waals surface area contributed by atoms with Gasteiger partial charge in [0.05, 0.1) is 29.4 Å². The molecule has 10 heteroatoms. The van der Waals surface area contributed by atoms with Gasteiger partial charge in [0, 0.05) is 54.4 Å². The molecule has 0 unspecified atom stereocenters. The van der Waals surface area contributed by atoms with Crippen molar-refractivity contribution >= 4 is 45.6 Å². The number of piperidine rings is 1. The fraction of sp³-hybridized carbons (Fsp3) is 0.429. The molecular weight excluding hydrogens is 533 g/mol. The highest BCUT2D eigenvalue weighted by molar-refractivity contribution is 7.98. The van der Waals surface area contributed by atoms with Crippen LogP contribution in [-0.4, -0.2) is 67.8 Å². The van der Waals surface area contributed by atoms with E-state index in [4.69, 9.17) is 16.3 Å². The van der Waals surface area contributed by atoms with Crippen LogP contribution in [0.2, 0.25) is 5.02 Å². The van der Waals surface area contributed by atoms with Crippen molar-refractivity contribution in [3.8, 4) is 11.8 Å². The predicted molar refractivity (Wildman–Crippen MR) is 152 cm³/mol. The Hall–Kier alpha value is -2.51. The molecular formula is C28H32ClF3N4OS. The quantitative estimate of drug-likeness (QED) is 0.227. The largest absolute Gasteiger partial charge is 0.406 e. The third-order valence-corrected chi connectivity index (χ3v) is 7.81. The van der Waals surface area contributed by atoms with Crippen molar-refractivity contribution in [1.82, 2.24) is 9.47 Å². The first-order valence-electron chi connectivity index (χ1n) is 12.5. The average molecular weight is 565 g/mol. The fourth-order valence-corrected chi connectivity index (χ4v) is 5.53. The monoisotopic (exact) mass is 564 g/mol. The number of alkyl halides is 3. The molecule has 2 N–H and O–H groups in total. The fourth-order valence-electron chi connectivity index (χ4n) is 4.66. The molecule has 3 aromatic rings. The van der Waals surface area contributed by atoms with Gasteiger partial charge in [0.15, 0.2) is 0 Å². The Morgan fingerprint density at radius 3 is 2.63 bits per heavy atom. The first kappa shape index (κ1) is 28.5. The van der Waals surface area contributed by atoms with E-state index in [9.17, 15) is 13.2 Å². The third-order valence-electron chi connectivity index (χ3n) is 6.59. The number of benzene rings is 2. The van der Waals surface area contributed by atoms with E-state index in [1.54, 1.807) is 37.1 Å². The first-order chi connectivity index (χ1) is 18.3. The number of aromatic nitrogens is 1. The van der Waals surface area contributed by atoms with Crippen LogP contribution in [0.1, 0.15) is 18.5 Å². The van der Waals surface area contributed by atoms with Gasteiger partial charge in [0.25, 0.3) is 0 Å². The maximum absolute atomic E-state index is 13.5. The molecule has 0 saturated carbocycles. The standard InChI is InChI=1S/C28H32ClF3N4OS/c1-37-16-15-35-13-10-20(11-14-35)34-25-6-3-7-26-23(25)18-22(36(26)19-28(30,31)32)5-4-12-33-21-8-9-27(38-2)24(29)17-21/h3,6-9,17-18,20,33-34H,10-16,19H2,1-2H3. The SMILES string of the molecule is COCCN1CCC(Nc2cccc3c2cc(C#CCNc2ccc(SC)c(Cl)c2)n3CC(F)(F)F)CC1. The van der Waals surface area contributed by atoms with Gasteiger partial charge in [-0.05, 0) is 61.4 Å². The molecule has 0 atom stereocenters. The molecule has 0 radical (unpaired) electrons. The predicted octanol–water partition coefficient (Wildman–Crippen LogP) is 6.57. The first-order valence-corrected chi connectivity index (χ1v) is 14.1. The highest BCUT2D eigenvalue weighted by atomic mass is 35.5. The molecule has 2 heterocycles. The van der Waals surface area contributed by atoms with Gasteiger partial charge in [-0.15, -0.1) is 11.8 Å². The minimum absolute atomic E-state index is 0.258. The number of nitrogens with one attached hydrogen (secondary N) is 2. The molecule has 2 aromatic carbocycles. The van der Waals surface area contributed by atoms with Crippen LogP contribution in [0.4, 0.5) is 24.5 Å². The second-order valence-corrected chi connectivity index (χ2v) is 10.5. The summed E-state index contributed by atoms with van der Waals surface area (Å²) in [7, 11) is 1.70. The Balaban J connectivity index is 1.52. The summed E-state index contributed by atoms with van der Waals surface area (Å²) in [5.41, 5.74) is 2.49. The summed E-state index contributed by atoms with van der Waals surface area (Å²) in [4.78, 5) is 3.34. The molecule has 1 aliphatic rings. The van der Waals surface area contributed by atoms with Gasteiger partial charge < -0.3 is 24.8 Å². The number of hydrogen-bond donors (Lipinski definition) is 2. The zero-order chi connectivity index (χ0) is 27.1. The van der Waals surface area contributed by atoms with Crippen LogP contribution in [0, 0.1) is 11.8 Å². The molecule has 1 saturated heterocycles. The Morgan fingerprint density at radius 1 is 1.16 bits per heavy atom. The van der Waals surface area contributed by atoms with Gasteiger partial charge in [0.1, 0.15) is 6.54 Å². The number of likely N-dealkylation sites (tertiary alicyclic amines) is 1.